The summed E-state index contributed by atoms with van der Waals surface area (Å²) < 4.78 is 6.67. The van der Waals surface area contributed by atoms with E-state index in [0.717, 1.165) is 34.6 Å². The van der Waals surface area contributed by atoms with E-state index in [0.29, 0.717) is 6.54 Å². The van der Waals surface area contributed by atoms with Gasteiger partial charge in [-0.05, 0) is 51.6 Å². The Bertz CT molecular complexity index is 320. The minimum absolute atomic E-state index is 0.562. The van der Waals surface area contributed by atoms with Gasteiger partial charge in [0.2, 0.25) is 0 Å². The van der Waals surface area contributed by atoms with E-state index in [1.165, 1.54) is 5.75 Å². The van der Waals surface area contributed by atoms with Crippen molar-refractivity contribution in [3.8, 4) is 5.75 Å². The average Bonchev–Trinajstić information content (AvgIpc) is 2.30. The van der Waals surface area contributed by atoms with Gasteiger partial charge in [-0.2, -0.15) is 11.8 Å². The molecular weight excluding hydrogens is 286 g/mol. The maximum atomic E-state index is 5.68. The van der Waals surface area contributed by atoms with Gasteiger partial charge in [-0.15, -0.1) is 0 Å². The van der Waals surface area contributed by atoms with Gasteiger partial charge in [0.15, 0.2) is 0 Å². The van der Waals surface area contributed by atoms with E-state index in [2.05, 4.69) is 22.9 Å². The Hall–Kier alpha value is -0.190. The first-order valence-electron chi connectivity index (χ1n) is 5.47. The second kappa shape index (κ2) is 7.98. The molecule has 0 saturated carbocycles. The fourth-order valence-electron chi connectivity index (χ4n) is 1.28. The summed E-state index contributed by atoms with van der Waals surface area (Å²) >= 11 is 5.43. The standard InChI is InChI=1S/C12H18BrNOS/c1-2-16-7-3-6-15-12-5-4-10(9-14)8-11(12)13/h4-5,8H,2-3,6-7,9,14H2,1H3. The Morgan fingerprint density at radius 2 is 2.25 bits per heavy atom. The van der Waals surface area contributed by atoms with Crippen molar-refractivity contribution in [2.75, 3.05) is 18.1 Å². The lowest BCUT2D eigenvalue weighted by molar-refractivity contribution is 0.316. The number of nitrogens with two attached hydrogens (primary N) is 1. The molecule has 0 fully saturated rings. The number of hydrogen-bond donors (Lipinski definition) is 1. The molecule has 0 spiro atoms. The predicted molar refractivity (Wildman–Crippen MR) is 75.1 cm³/mol. The van der Waals surface area contributed by atoms with Crippen molar-refractivity contribution < 1.29 is 4.74 Å². The first-order valence-corrected chi connectivity index (χ1v) is 7.41. The minimum Gasteiger partial charge on any atom is -0.492 e. The highest BCUT2D eigenvalue weighted by Gasteiger charge is 2.01. The SMILES string of the molecule is CCSCCCOc1ccc(CN)cc1Br. The number of halogens is 1. The molecule has 2 N–H and O–H groups in total. The van der Waals surface area contributed by atoms with Crippen LogP contribution in [0.2, 0.25) is 0 Å². The molecule has 0 saturated heterocycles. The third-order valence-electron chi connectivity index (χ3n) is 2.13. The highest BCUT2D eigenvalue weighted by Crippen LogP contribution is 2.26. The van der Waals surface area contributed by atoms with Gasteiger partial charge in [-0.25, -0.2) is 0 Å². The van der Waals surface area contributed by atoms with Gasteiger partial charge in [-0.1, -0.05) is 13.0 Å². The van der Waals surface area contributed by atoms with Crippen LogP contribution < -0.4 is 10.5 Å². The van der Waals surface area contributed by atoms with Gasteiger partial charge in [0, 0.05) is 6.54 Å². The van der Waals surface area contributed by atoms with Crippen LogP contribution in [0.1, 0.15) is 18.9 Å². The highest BCUT2D eigenvalue weighted by atomic mass is 79.9. The lowest BCUT2D eigenvalue weighted by atomic mass is 10.2. The van der Waals surface area contributed by atoms with Crippen molar-refractivity contribution >= 4 is 27.7 Å². The van der Waals surface area contributed by atoms with Crippen molar-refractivity contribution in [3.63, 3.8) is 0 Å². The molecule has 0 aliphatic carbocycles. The van der Waals surface area contributed by atoms with Gasteiger partial charge < -0.3 is 10.5 Å². The zero-order chi connectivity index (χ0) is 11.8. The van der Waals surface area contributed by atoms with Crippen LogP contribution in [0.15, 0.2) is 22.7 Å². The van der Waals surface area contributed by atoms with E-state index in [4.69, 9.17) is 10.5 Å². The fraction of sp³-hybridized carbons (Fsp3) is 0.500. The Kier molecular flexibility index (Phi) is 6.92. The molecular formula is C12H18BrNOS. The van der Waals surface area contributed by atoms with Crippen molar-refractivity contribution in [3.05, 3.63) is 28.2 Å². The molecule has 1 aromatic rings. The van der Waals surface area contributed by atoms with Crippen molar-refractivity contribution in [1.82, 2.24) is 0 Å². The smallest absolute Gasteiger partial charge is 0.133 e. The number of ether oxygens (including phenoxy) is 1. The maximum absolute atomic E-state index is 5.68. The molecule has 0 bridgehead atoms. The molecule has 0 heterocycles. The summed E-state index contributed by atoms with van der Waals surface area (Å²) in [7, 11) is 0. The summed E-state index contributed by atoms with van der Waals surface area (Å²) in [5.74, 6) is 3.24. The normalized spacial score (nSPS) is 10.4. The van der Waals surface area contributed by atoms with Crippen molar-refractivity contribution in [1.29, 1.82) is 0 Å². The first kappa shape index (κ1) is 13.9. The van der Waals surface area contributed by atoms with E-state index in [1.54, 1.807) is 0 Å². The molecule has 0 aliphatic rings. The molecule has 0 aliphatic heterocycles. The summed E-state index contributed by atoms with van der Waals surface area (Å²) in [6.07, 6.45) is 1.09. The minimum atomic E-state index is 0.562. The Labute approximate surface area is 110 Å². The zero-order valence-electron chi connectivity index (χ0n) is 9.54. The zero-order valence-corrected chi connectivity index (χ0v) is 11.9. The first-order chi connectivity index (χ1) is 7.77. The lowest BCUT2D eigenvalue weighted by Gasteiger charge is -2.09. The predicted octanol–water partition coefficient (Wildman–Crippen LogP) is 3.43. The second-order valence-corrected chi connectivity index (χ2v) is 5.62. The average molecular weight is 304 g/mol. The maximum Gasteiger partial charge on any atom is 0.133 e. The largest absolute Gasteiger partial charge is 0.492 e. The van der Waals surface area contributed by atoms with Crippen molar-refractivity contribution in [2.24, 2.45) is 5.73 Å². The monoisotopic (exact) mass is 303 g/mol. The van der Waals surface area contributed by atoms with Crippen LogP contribution in [-0.2, 0) is 6.54 Å². The molecule has 1 aromatic carbocycles. The molecule has 0 unspecified atom stereocenters. The number of rotatable bonds is 7. The summed E-state index contributed by atoms with van der Waals surface area (Å²) in [5, 5.41) is 0. The quantitative estimate of drug-likeness (QED) is 0.784. The molecule has 90 valence electrons. The van der Waals surface area contributed by atoms with Gasteiger partial charge in [0.1, 0.15) is 5.75 Å². The van der Waals surface area contributed by atoms with Crippen molar-refractivity contribution in [2.45, 2.75) is 19.9 Å². The van der Waals surface area contributed by atoms with Crippen LogP contribution in [0.25, 0.3) is 0 Å². The molecule has 16 heavy (non-hydrogen) atoms. The molecule has 0 radical (unpaired) electrons. The van der Waals surface area contributed by atoms with Gasteiger partial charge in [0.25, 0.3) is 0 Å². The molecule has 4 heteroatoms. The van der Waals surface area contributed by atoms with E-state index >= 15 is 0 Å². The van der Waals surface area contributed by atoms with E-state index in [1.807, 2.05) is 30.0 Å². The third kappa shape index (κ3) is 4.76. The molecule has 1 rings (SSSR count). The van der Waals surface area contributed by atoms with Crippen LogP contribution >= 0.6 is 27.7 Å². The number of hydrogen-bond acceptors (Lipinski definition) is 3. The second-order valence-electron chi connectivity index (χ2n) is 3.37. The van der Waals surface area contributed by atoms with Crippen LogP contribution in [0.5, 0.6) is 5.75 Å². The summed E-state index contributed by atoms with van der Waals surface area (Å²) in [6.45, 7) is 3.51. The van der Waals surface area contributed by atoms with Gasteiger partial charge in [-0.3, -0.25) is 0 Å². The Morgan fingerprint density at radius 1 is 1.44 bits per heavy atom. The summed E-state index contributed by atoms with van der Waals surface area (Å²) in [4.78, 5) is 0. The molecule has 0 aromatic heterocycles. The number of thioether (sulfide) groups is 1. The van der Waals surface area contributed by atoms with Gasteiger partial charge in [0.05, 0.1) is 11.1 Å². The van der Waals surface area contributed by atoms with Crippen LogP contribution in [0.3, 0.4) is 0 Å². The summed E-state index contributed by atoms with van der Waals surface area (Å²) in [6, 6.07) is 5.98. The topological polar surface area (TPSA) is 35.2 Å². The highest BCUT2D eigenvalue weighted by molar-refractivity contribution is 9.10. The van der Waals surface area contributed by atoms with Crippen LogP contribution in [0.4, 0.5) is 0 Å². The Balaban J connectivity index is 2.36. The van der Waals surface area contributed by atoms with Gasteiger partial charge >= 0.3 is 0 Å². The van der Waals surface area contributed by atoms with Crippen LogP contribution in [0, 0.1) is 0 Å². The van der Waals surface area contributed by atoms with E-state index in [-0.39, 0.29) is 0 Å². The fourth-order valence-corrected chi connectivity index (χ4v) is 2.43. The third-order valence-corrected chi connectivity index (χ3v) is 3.73. The lowest BCUT2D eigenvalue weighted by Crippen LogP contribution is -2.01. The van der Waals surface area contributed by atoms with E-state index < -0.39 is 0 Å². The molecule has 0 amide bonds. The summed E-state index contributed by atoms with van der Waals surface area (Å²) in [5.41, 5.74) is 6.67. The molecule has 0 atom stereocenters. The Morgan fingerprint density at radius 3 is 2.88 bits per heavy atom. The van der Waals surface area contributed by atoms with Crippen LogP contribution in [-0.4, -0.2) is 18.1 Å². The van der Waals surface area contributed by atoms with E-state index in [9.17, 15) is 0 Å². The molecule has 2 nitrogen and oxygen atoms in total. The number of benzene rings is 1.